The second kappa shape index (κ2) is 4.64. The fourth-order valence-electron chi connectivity index (χ4n) is 2.15. The van der Waals surface area contributed by atoms with Gasteiger partial charge in [0.2, 0.25) is 5.78 Å². The van der Waals surface area contributed by atoms with Crippen molar-refractivity contribution in [1.82, 2.24) is 9.47 Å². The van der Waals surface area contributed by atoms with Crippen molar-refractivity contribution in [3.63, 3.8) is 0 Å². The van der Waals surface area contributed by atoms with Crippen molar-refractivity contribution in [2.45, 2.75) is 13.5 Å². The molecule has 0 saturated heterocycles. The van der Waals surface area contributed by atoms with Crippen LogP contribution in [0.3, 0.4) is 0 Å². The van der Waals surface area contributed by atoms with Gasteiger partial charge in [-0.15, -0.1) is 0 Å². The molecule has 2 aromatic rings. The highest BCUT2D eigenvalue weighted by Crippen LogP contribution is 2.21. The maximum absolute atomic E-state index is 11.6. The third kappa shape index (κ3) is 2.14. The van der Waals surface area contributed by atoms with Gasteiger partial charge in [0.25, 0.3) is 5.91 Å². The highest BCUT2D eigenvalue weighted by Gasteiger charge is 2.16. The smallest absolute Gasteiger partial charge is 0.289 e. The standard InChI is InChI=1S/C14H16N2O2/c1-10(17)14(18)16(3)9-11-8-15(2)13-7-5-4-6-12(11)13/h4-8H,9H2,1-3H3. The van der Waals surface area contributed by atoms with Crippen LogP contribution in [0.2, 0.25) is 0 Å². The fraction of sp³-hybridized carbons (Fsp3) is 0.286. The Morgan fingerprint density at radius 3 is 2.61 bits per heavy atom. The second-order valence-electron chi connectivity index (χ2n) is 4.50. The molecule has 2 rings (SSSR count). The van der Waals surface area contributed by atoms with Crippen molar-refractivity contribution >= 4 is 22.6 Å². The number of aromatic nitrogens is 1. The summed E-state index contributed by atoms with van der Waals surface area (Å²) in [6, 6.07) is 8.01. The van der Waals surface area contributed by atoms with Crippen LogP contribution in [0.4, 0.5) is 0 Å². The van der Waals surface area contributed by atoms with Gasteiger partial charge in [-0.2, -0.15) is 0 Å². The van der Waals surface area contributed by atoms with Gasteiger partial charge in [-0.3, -0.25) is 9.59 Å². The molecule has 0 aliphatic heterocycles. The maximum atomic E-state index is 11.6. The first-order chi connectivity index (χ1) is 8.50. The van der Waals surface area contributed by atoms with Gasteiger partial charge in [-0.25, -0.2) is 0 Å². The van der Waals surface area contributed by atoms with Crippen LogP contribution in [0.1, 0.15) is 12.5 Å². The zero-order chi connectivity index (χ0) is 13.3. The van der Waals surface area contributed by atoms with Crippen LogP contribution in [0, 0.1) is 0 Å². The number of ketones is 1. The van der Waals surface area contributed by atoms with Crippen LogP contribution >= 0.6 is 0 Å². The summed E-state index contributed by atoms with van der Waals surface area (Å²) in [5.41, 5.74) is 2.17. The molecule has 0 unspecified atom stereocenters. The van der Waals surface area contributed by atoms with Gasteiger partial charge in [0, 0.05) is 44.7 Å². The normalized spacial score (nSPS) is 10.6. The van der Waals surface area contributed by atoms with Crippen LogP contribution in [-0.4, -0.2) is 28.2 Å². The minimum Gasteiger partial charge on any atom is -0.350 e. The molecular weight excluding hydrogens is 228 g/mol. The minimum absolute atomic E-state index is 0.433. The van der Waals surface area contributed by atoms with Crippen LogP contribution in [0.15, 0.2) is 30.5 Å². The maximum Gasteiger partial charge on any atom is 0.289 e. The van der Waals surface area contributed by atoms with Crippen LogP contribution in [-0.2, 0) is 23.2 Å². The number of carbonyl (C=O) groups is 2. The molecule has 0 N–H and O–H groups in total. The van der Waals surface area contributed by atoms with Gasteiger partial charge in [0.05, 0.1) is 0 Å². The van der Waals surface area contributed by atoms with E-state index >= 15 is 0 Å². The van der Waals surface area contributed by atoms with Gasteiger partial charge in [0.15, 0.2) is 0 Å². The van der Waals surface area contributed by atoms with Crippen molar-refractivity contribution in [1.29, 1.82) is 0 Å². The average molecular weight is 244 g/mol. The van der Waals surface area contributed by atoms with E-state index in [0.29, 0.717) is 6.54 Å². The number of aryl methyl sites for hydroxylation is 1. The number of para-hydroxylation sites is 1. The highest BCUT2D eigenvalue weighted by atomic mass is 16.2. The lowest BCUT2D eigenvalue weighted by atomic mass is 10.1. The van der Waals surface area contributed by atoms with Crippen molar-refractivity contribution in [2.75, 3.05) is 7.05 Å². The summed E-state index contributed by atoms with van der Waals surface area (Å²) in [5.74, 6) is -0.888. The molecule has 0 saturated carbocycles. The van der Waals surface area contributed by atoms with E-state index in [0.717, 1.165) is 16.5 Å². The first kappa shape index (κ1) is 12.4. The predicted octanol–water partition coefficient (Wildman–Crippen LogP) is 1.73. The van der Waals surface area contributed by atoms with E-state index in [2.05, 4.69) is 0 Å². The molecule has 0 atom stereocenters. The monoisotopic (exact) mass is 244 g/mol. The van der Waals surface area contributed by atoms with Crippen molar-refractivity contribution < 1.29 is 9.59 Å². The summed E-state index contributed by atoms with van der Waals surface area (Å²) in [7, 11) is 3.62. The van der Waals surface area contributed by atoms with E-state index in [-0.39, 0.29) is 0 Å². The summed E-state index contributed by atoms with van der Waals surface area (Å²) >= 11 is 0. The van der Waals surface area contributed by atoms with Crippen LogP contribution in [0.5, 0.6) is 0 Å². The molecule has 94 valence electrons. The molecular formula is C14H16N2O2. The van der Waals surface area contributed by atoms with Crippen LogP contribution in [0.25, 0.3) is 10.9 Å². The van der Waals surface area contributed by atoms with Crippen molar-refractivity contribution in [3.05, 3.63) is 36.0 Å². The molecule has 4 nitrogen and oxygen atoms in total. The molecule has 0 aliphatic carbocycles. The number of amides is 1. The van der Waals surface area contributed by atoms with Crippen molar-refractivity contribution in [2.24, 2.45) is 7.05 Å². The van der Waals surface area contributed by atoms with E-state index in [9.17, 15) is 9.59 Å². The Morgan fingerprint density at radius 2 is 1.94 bits per heavy atom. The summed E-state index contributed by atoms with van der Waals surface area (Å²) in [5, 5.41) is 1.11. The molecule has 0 spiro atoms. The van der Waals surface area contributed by atoms with Gasteiger partial charge < -0.3 is 9.47 Å². The number of hydrogen-bond acceptors (Lipinski definition) is 2. The number of benzene rings is 1. The lowest BCUT2D eigenvalue weighted by molar-refractivity contribution is -0.143. The molecule has 1 heterocycles. The number of Topliss-reactive ketones (excluding diaryl/α,β-unsaturated/α-hetero) is 1. The molecule has 0 radical (unpaired) electrons. The van der Waals surface area contributed by atoms with E-state index in [4.69, 9.17) is 0 Å². The Morgan fingerprint density at radius 1 is 1.28 bits per heavy atom. The lowest BCUT2D eigenvalue weighted by Crippen LogP contribution is -2.31. The zero-order valence-corrected chi connectivity index (χ0v) is 10.8. The quantitative estimate of drug-likeness (QED) is 0.772. The largest absolute Gasteiger partial charge is 0.350 e. The number of fused-ring (bicyclic) bond motifs is 1. The third-order valence-corrected chi connectivity index (χ3v) is 3.03. The molecule has 1 amide bonds. The Labute approximate surface area is 106 Å². The van der Waals surface area contributed by atoms with Gasteiger partial charge in [-0.1, -0.05) is 18.2 Å². The number of carbonyl (C=O) groups excluding carboxylic acids is 2. The summed E-state index contributed by atoms with van der Waals surface area (Å²) < 4.78 is 2.02. The Hall–Kier alpha value is -2.10. The summed E-state index contributed by atoms with van der Waals surface area (Å²) in [6.07, 6.45) is 1.99. The van der Waals surface area contributed by atoms with E-state index in [1.165, 1.54) is 11.8 Å². The number of hydrogen-bond donors (Lipinski definition) is 0. The molecule has 0 aliphatic rings. The van der Waals surface area contributed by atoms with Crippen LogP contribution < -0.4 is 0 Å². The molecule has 18 heavy (non-hydrogen) atoms. The SMILES string of the molecule is CC(=O)C(=O)N(C)Cc1cn(C)c2ccccc12. The summed E-state index contributed by atoms with van der Waals surface area (Å²) in [6.45, 7) is 1.74. The highest BCUT2D eigenvalue weighted by molar-refractivity contribution is 6.34. The predicted molar refractivity (Wildman–Crippen MR) is 70.1 cm³/mol. The average Bonchev–Trinajstić information content (AvgIpc) is 2.66. The summed E-state index contributed by atoms with van der Waals surface area (Å²) in [4.78, 5) is 24.1. The second-order valence-corrected chi connectivity index (χ2v) is 4.50. The lowest BCUT2D eigenvalue weighted by Gasteiger charge is -2.14. The van der Waals surface area contributed by atoms with E-state index < -0.39 is 11.7 Å². The fourth-order valence-corrected chi connectivity index (χ4v) is 2.15. The van der Waals surface area contributed by atoms with Gasteiger partial charge in [0.1, 0.15) is 0 Å². The molecule has 0 fully saturated rings. The number of rotatable bonds is 3. The Kier molecular flexibility index (Phi) is 3.19. The van der Waals surface area contributed by atoms with Gasteiger partial charge >= 0.3 is 0 Å². The molecule has 4 heteroatoms. The van der Waals surface area contributed by atoms with E-state index in [1.54, 1.807) is 7.05 Å². The topological polar surface area (TPSA) is 42.3 Å². The van der Waals surface area contributed by atoms with E-state index in [1.807, 2.05) is 42.1 Å². The third-order valence-electron chi connectivity index (χ3n) is 3.03. The number of nitrogens with zero attached hydrogens (tertiary/aromatic N) is 2. The molecule has 0 bridgehead atoms. The van der Waals surface area contributed by atoms with Crippen molar-refractivity contribution in [3.8, 4) is 0 Å². The first-order valence-corrected chi connectivity index (χ1v) is 5.79. The minimum atomic E-state index is -0.456. The first-order valence-electron chi connectivity index (χ1n) is 5.79. The molecule has 1 aromatic carbocycles. The van der Waals surface area contributed by atoms with Gasteiger partial charge in [-0.05, 0) is 11.6 Å². The zero-order valence-electron chi connectivity index (χ0n) is 10.8. The molecule has 1 aromatic heterocycles. The Balaban J connectivity index is 2.33. The number of likely N-dealkylation sites (N-methyl/N-ethyl adjacent to an activating group) is 1. The Bertz CT molecular complexity index is 613.